The second kappa shape index (κ2) is 8.66. The van der Waals surface area contributed by atoms with Gasteiger partial charge in [0.05, 0.1) is 0 Å². The van der Waals surface area contributed by atoms with Gasteiger partial charge in [-0.3, -0.25) is 4.79 Å². The zero-order valence-electron chi connectivity index (χ0n) is 14.1. The van der Waals surface area contributed by atoms with Gasteiger partial charge in [-0.05, 0) is 30.4 Å². The molecule has 6 heteroatoms. The third-order valence-electron chi connectivity index (χ3n) is 4.57. The quantitative estimate of drug-likeness (QED) is 0.811. The van der Waals surface area contributed by atoms with Crippen molar-refractivity contribution in [2.24, 2.45) is 11.8 Å². The fourth-order valence-corrected chi connectivity index (χ4v) is 2.92. The van der Waals surface area contributed by atoms with Crippen molar-refractivity contribution in [1.29, 1.82) is 0 Å². The van der Waals surface area contributed by atoms with Crippen LogP contribution in [0, 0.1) is 17.7 Å². The number of amides is 1. The Bertz CT molecular complexity index is 578. The van der Waals surface area contributed by atoms with Crippen LogP contribution in [-0.2, 0) is 14.3 Å². The lowest BCUT2D eigenvalue weighted by Crippen LogP contribution is -2.45. The van der Waals surface area contributed by atoms with Gasteiger partial charge in [0.1, 0.15) is 11.6 Å². The molecule has 0 aliphatic heterocycles. The minimum atomic E-state index is -0.667. The maximum Gasteiger partial charge on any atom is 0.344 e. The molecule has 1 aromatic rings. The third kappa shape index (κ3) is 5.51. The average Bonchev–Trinajstić information content (AvgIpc) is 2.55. The van der Waals surface area contributed by atoms with Crippen molar-refractivity contribution in [3.8, 4) is 5.75 Å². The van der Waals surface area contributed by atoms with E-state index in [1.807, 2.05) is 0 Å². The molecule has 132 valence electrons. The second-order valence-electron chi connectivity index (χ2n) is 6.35. The van der Waals surface area contributed by atoms with Crippen molar-refractivity contribution >= 4 is 11.9 Å². The molecule has 0 saturated heterocycles. The summed E-state index contributed by atoms with van der Waals surface area (Å²) < 4.78 is 23.0. The van der Waals surface area contributed by atoms with E-state index >= 15 is 0 Å². The Morgan fingerprint density at radius 2 is 2.04 bits per heavy atom. The Balaban J connectivity index is 1.68. The SMILES string of the molecule is C[C@H]1[C@@H](C)CCC[C@H]1NC(=O)COC(=O)COc1cccc(F)c1. The number of ether oxygens (including phenoxy) is 2. The summed E-state index contributed by atoms with van der Waals surface area (Å²) in [4.78, 5) is 23.5. The molecule has 2 rings (SSSR count). The van der Waals surface area contributed by atoms with E-state index < -0.39 is 11.8 Å². The average molecular weight is 337 g/mol. The van der Waals surface area contributed by atoms with Crippen LogP contribution in [0.1, 0.15) is 33.1 Å². The number of carbonyl (C=O) groups is 2. The summed E-state index contributed by atoms with van der Waals surface area (Å²) in [6, 6.07) is 5.60. The van der Waals surface area contributed by atoms with Crippen LogP contribution in [-0.4, -0.2) is 31.1 Å². The molecule has 0 bridgehead atoms. The smallest absolute Gasteiger partial charge is 0.344 e. The molecule has 1 aromatic carbocycles. The van der Waals surface area contributed by atoms with Crippen molar-refractivity contribution in [2.75, 3.05) is 13.2 Å². The van der Waals surface area contributed by atoms with Crippen molar-refractivity contribution < 1.29 is 23.5 Å². The van der Waals surface area contributed by atoms with Crippen LogP contribution in [0.2, 0.25) is 0 Å². The third-order valence-corrected chi connectivity index (χ3v) is 4.57. The maximum atomic E-state index is 13.0. The summed E-state index contributed by atoms with van der Waals surface area (Å²) in [5, 5.41) is 2.93. The molecule has 1 fully saturated rings. The van der Waals surface area contributed by atoms with Crippen LogP contribution in [0.15, 0.2) is 24.3 Å². The fourth-order valence-electron chi connectivity index (χ4n) is 2.92. The predicted octanol–water partition coefficient (Wildman–Crippen LogP) is 2.69. The number of nitrogens with one attached hydrogen (secondary N) is 1. The van der Waals surface area contributed by atoms with Crippen LogP contribution in [0.4, 0.5) is 4.39 Å². The van der Waals surface area contributed by atoms with Gasteiger partial charge in [0.25, 0.3) is 5.91 Å². The first-order chi connectivity index (χ1) is 11.5. The molecule has 3 atom stereocenters. The number of hydrogen-bond donors (Lipinski definition) is 1. The van der Waals surface area contributed by atoms with Crippen LogP contribution < -0.4 is 10.1 Å². The summed E-state index contributed by atoms with van der Waals surface area (Å²) in [6.07, 6.45) is 3.23. The molecular formula is C18H24FNO4. The van der Waals surface area contributed by atoms with Crippen molar-refractivity contribution in [3.05, 3.63) is 30.1 Å². The second-order valence-corrected chi connectivity index (χ2v) is 6.35. The van der Waals surface area contributed by atoms with E-state index in [0.29, 0.717) is 11.8 Å². The highest BCUT2D eigenvalue weighted by molar-refractivity contribution is 5.81. The predicted molar refractivity (Wildman–Crippen MR) is 87.0 cm³/mol. The molecule has 1 saturated carbocycles. The lowest BCUT2D eigenvalue weighted by atomic mass is 9.78. The Kier molecular flexibility index (Phi) is 6.58. The Morgan fingerprint density at radius 3 is 2.79 bits per heavy atom. The molecule has 1 N–H and O–H groups in total. The van der Waals surface area contributed by atoms with E-state index in [4.69, 9.17) is 9.47 Å². The highest BCUT2D eigenvalue weighted by Gasteiger charge is 2.28. The van der Waals surface area contributed by atoms with Gasteiger partial charge in [0, 0.05) is 12.1 Å². The number of carbonyl (C=O) groups excluding carboxylic acids is 2. The molecule has 1 aliphatic rings. The lowest BCUT2D eigenvalue weighted by Gasteiger charge is -2.34. The molecule has 0 aromatic heterocycles. The fraction of sp³-hybridized carbons (Fsp3) is 0.556. The number of esters is 1. The molecule has 0 heterocycles. The topological polar surface area (TPSA) is 64.6 Å². The first kappa shape index (κ1) is 18.2. The van der Waals surface area contributed by atoms with Crippen LogP contribution in [0.3, 0.4) is 0 Å². The van der Waals surface area contributed by atoms with Crippen LogP contribution in [0.25, 0.3) is 0 Å². The van der Waals surface area contributed by atoms with E-state index in [-0.39, 0.29) is 30.9 Å². The number of halogens is 1. The summed E-state index contributed by atoms with van der Waals surface area (Å²) in [6.45, 7) is 3.62. The van der Waals surface area contributed by atoms with Gasteiger partial charge in [-0.2, -0.15) is 0 Å². The van der Waals surface area contributed by atoms with Crippen LogP contribution >= 0.6 is 0 Å². The Hall–Kier alpha value is -2.11. The number of rotatable bonds is 6. The highest BCUT2D eigenvalue weighted by atomic mass is 19.1. The first-order valence-electron chi connectivity index (χ1n) is 8.29. The molecule has 0 unspecified atom stereocenters. The van der Waals surface area contributed by atoms with E-state index in [2.05, 4.69) is 19.2 Å². The first-order valence-corrected chi connectivity index (χ1v) is 8.29. The summed E-state index contributed by atoms with van der Waals surface area (Å²) in [5.74, 6) is -0.196. The molecule has 1 amide bonds. The van der Waals surface area contributed by atoms with E-state index in [1.165, 1.54) is 30.7 Å². The monoisotopic (exact) mass is 337 g/mol. The van der Waals surface area contributed by atoms with Gasteiger partial charge in [-0.1, -0.05) is 32.8 Å². The summed E-state index contributed by atoms with van der Waals surface area (Å²) >= 11 is 0. The summed E-state index contributed by atoms with van der Waals surface area (Å²) in [7, 11) is 0. The van der Waals surface area contributed by atoms with Gasteiger partial charge in [0.15, 0.2) is 13.2 Å². The molecule has 5 nitrogen and oxygen atoms in total. The molecule has 0 radical (unpaired) electrons. The minimum Gasteiger partial charge on any atom is -0.482 e. The number of hydrogen-bond acceptors (Lipinski definition) is 4. The maximum absolute atomic E-state index is 13.0. The molecule has 24 heavy (non-hydrogen) atoms. The zero-order valence-corrected chi connectivity index (χ0v) is 14.1. The molecular weight excluding hydrogens is 313 g/mol. The Morgan fingerprint density at radius 1 is 1.25 bits per heavy atom. The van der Waals surface area contributed by atoms with E-state index in [0.717, 1.165) is 12.8 Å². The van der Waals surface area contributed by atoms with Gasteiger partial charge in [-0.25, -0.2) is 9.18 Å². The highest BCUT2D eigenvalue weighted by Crippen LogP contribution is 2.29. The largest absolute Gasteiger partial charge is 0.482 e. The lowest BCUT2D eigenvalue weighted by molar-refractivity contribution is -0.150. The van der Waals surface area contributed by atoms with E-state index in [9.17, 15) is 14.0 Å². The van der Waals surface area contributed by atoms with Crippen molar-refractivity contribution in [2.45, 2.75) is 39.2 Å². The summed E-state index contributed by atoms with van der Waals surface area (Å²) in [5.41, 5.74) is 0. The zero-order chi connectivity index (χ0) is 17.5. The normalized spacial score (nSPS) is 23.4. The minimum absolute atomic E-state index is 0.128. The van der Waals surface area contributed by atoms with Gasteiger partial charge in [-0.15, -0.1) is 0 Å². The molecule has 0 spiro atoms. The van der Waals surface area contributed by atoms with Gasteiger partial charge < -0.3 is 14.8 Å². The van der Waals surface area contributed by atoms with E-state index in [1.54, 1.807) is 0 Å². The number of benzene rings is 1. The standard InChI is InChI=1S/C18H24FNO4/c1-12-5-3-8-16(13(12)2)20-17(21)10-24-18(22)11-23-15-7-4-6-14(19)9-15/h4,6-7,9,12-13,16H,3,5,8,10-11H2,1-2H3,(H,20,21)/t12-,13-,16+/m0/s1. The van der Waals surface area contributed by atoms with Crippen molar-refractivity contribution in [1.82, 2.24) is 5.32 Å². The Labute approximate surface area is 141 Å². The van der Waals surface area contributed by atoms with Gasteiger partial charge in [0.2, 0.25) is 0 Å². The van der Waals surface area contributed by atoms with Crippen molar-refractivity contribution in [3.63, 3.8) is 0 Å². The molecule has 1 aliphatic carbocycles. The van der Waals surface area contributed by atoms with Gasteiger partial charge >= 0.3 is 5.97 Å². The van der Waals surface area contributed by atoms with Crippen LogP contribution in [0.5, 0.6) is 5.75 Å².